The van der Waals surface area contributed by atoms with Gasteiger partial charge in [0, 0.05) is 12.0 Å². The van der Waals surface area contributed by atoms with Gasteiger partial charge >= 0.3 is 5.97 Å². The average Bonchev–Trinajstić information content (AvgIpc) is 3.01. The molecule has 0 aliphatic carbocycles. The van der Waals surface area contributed by atoms with Crippen LogP contribution in [-0.4, -0.2) is 26.1 Å². The van der Waals surface area contributed by atoms with Gasteiger partial charge < -0.3 is 14.2 Å². The maximum Gasteiger partial charge on any atom is 0.363 e. The molecule has 3 rings (SSSR count). The van der Waals surface area contributed by atoms with Gasteiger partial charge in [0.05, 0.1) is 14.2 Å². The minimum atomic E-state index is -0.448. The molecule has 140 valence electrons. The van der Waals surface area contributed by atoms with E-state index in [0.717, 1.165) is 23.3 Å². The van der Waals surface area contributed by atoms with Crippen molar-refractivity contribution in [3.8, 4) is 11.5 Å². The van der Waals surface area contributed by atoms with E-state index in [1.807, 2.05) is 31.2 Å². The van der Waals surface area contributed by atoms with Gasteiger partial charge in [-0.15, -0.1) is 0 Å². The van der Waals surface area contributed by atoms with Crippen molar-refractivity contribution in [1.29, 1.82) is 0 Å². The van der Waals surface area contributed by atoms with Crippen LogP contribution in [0, 0.1) is 13.8 Å². The summed E-state index contributed by atoms with van der Waals surface area (Å²) in [5.41, 5.74) is 4.37. The number of hydrogen-bond acceptors (Lipinski definition) is 5. The molecule has 0 saturated carbocycles. The van der Waals surface area contributed by atoms with Gasteiger partial charge in [0.2, 0.25) is 0 Å². The highest BCUT2D eigenvalue weighted by molar-refractivity contribution is 6.07. The van der Waals surface area contributed by atoms with E-state index in [4.69, 9.17) is 14.2 Å². The van der Waals surface area contributed by atoms with Crippen molar-refractivity contribution in [2.75, 3.05) is 14.2 Å². The second kappa shape index (κ2) is 8.08. The van der Waals surface area contributed by atoms with Crippen LogP contribution in [0.2, 0.25) is 0 Å². The van der Waals surface area contributed by atoms with Crippen LogP contribution >= 0.6 is 0 Å². The first-order valence-corrected chi connectivity index (χ1v) is 8.80. The Labute approximate surface area is 159 Å². The van der Waals surface area contributed by atoms with Crippen LogP contribution < -0.4 is 9.47 Å². The van der Waals surface area contributed by atoms with Gasteiger partial charge in [-0.25, -0.2) is 9.79 Å². The lowest BCUT2D eigenvalue weighted by Crippen LogP contribution is -2.05. The monoisotopic (exact) mass is 365 g/mol. The number of nitrogens with zero attached hydrogens (tertiary/aromatic N) is 1. The minimum absolute atomic E-state index is 0.263. The summed E-state index contributed by atoms with van der Waals surface area (Å²) in [6, 6.07) is 11.9. The zero-order chi connectivity index (χ0) is 19.4. The van der Waals surface area contributed by atoms with Gasteiger partial charge in [-0.3, -0.25) is 0 Å². The molecule has 0 spiro atoms. The predicted molar refractivity (Wildman–Crippen MR) is 105 cm³/mol. The van der Waals surface area contributed by atoms with Gasteiger partial charge in [-0.2, -0.15) is 0 Å². The van der Waals surface area contributed by atoms with Crippen molar-refractivity contribution < 1.29 is 19.0 Å². The van der Waals surface area contributed by atoms with E-state index in [2.05, 4.69) is 24.0 Å². The molecule has 0 saturated heterocycles. The molecule has 1 aliphatic heterocycles. The van der Waals surface area contributed by atoms with Gasteiger partial charge in [0.25, 0.3) is 0 Å². The van der Waals surface area contributed by atoms with E-state index < -0.39 is 5.97 Å². The topological polar surface area (TPSA) is 57.1 Å². The average molecular weight is 365 g/mol. The summed E-state index contributed by atoms with van der Waals surface area (Å²) < 4.78 is 16.1. The molecule has 0 N–H and O–H groups in total. The number of carbonyl (C=O) groups excluding carboxylic acids is 1. The quantitative estimate of drug-likeness (QED) is 0.567. The Bertz CT molecular complexity index is 928. The summed E-state index contributed by atoms with van der Waals surface area (Å²) in [7, 11) is 3.20. The number of methoxy groups -OCH3 is 2. The lowest BCUT2D eigenvalue weighted by molar-refractivity contribution is -0.130. The van der Waals surface area contributed by atoms with Crippen molar-refractivity contribution >= 4 is 17.9 Å². The fourth-order valence-electron chi connectivity index (χ4n) is 3.03. The first kappa shape index (κ1) is 18.7. The number of ether oxygens (including phenoxy) is 3. The Kier molecular flexibility index (Phi) is 5.60. The van der Waals surface area contributed by atoms with Crippen molar-refractivity contribution in [3.05, 3.63) is 64.3 Å². The third kappa shape index (κ3) is 4.19. The van der Waals surface area contributed by atoms with E-state index in [9.17, 15) is 4.79 Å². The van der Waals surface area contributed by atoms with Gasteiger partial charge in [0.15, 0.2) is 11.6 Å². The zero-order valence-electron chi connectivity index (χ0n) is 16.0. The van der Waals surface area contributed by atoms with Gasteiger partial charge in [-0.1, -0.05) is 24.3 Å². The standard InChI is InChI=1S/C22H23NO4/c1-14-7-5-6-8-16(14)9-10-21-23-18(22(24)27-21)12-17-13-19(25-3)15(2)11-20(17)26-4/h5-8,11-13H,9-10H2,1-4H3/b18-12+. The summed E-state index contributed by atoms with van der Waals surface area (Å²) in [4.78, 5) is 16.6. The highest BCUT2D eigenvalue weighted by Crippen LogP contribution is 2.31. The number of hydrogen-bond donors (Lipinski definition) is 0. The second-order valence-corrected chi connectivity index (χ2v) is 6.41. The molecule has 1 heterocycles. The molecule has 2 aromatic carbocycles. The largest absolute Gasteiger partial charge is 0.496 e. The fraction of sp³-hybridized carbons (Fsp3) is 0.273. The Morgan fingerprint density at radius 2 is 1.74 bits per heavy atom. The van der Waals surface area contributed by atoms with Crippen LogP contribution in [-0.2, 0) is 16.0 Å². The number of aliphatic imine (C=N–C) groups is 1. The number of esters is 1. The van der Waals surface area contributed by atoms with Crippen molar-refractivity contribution in [1.82, 2.24) is 0 Å². The zero-order valence-corrected chi connectivity index (χ0v) is 16.0. The second-order valence-electron chi connectivity index (χ2n) is 6.41. The van der Waals surface area contributed by atoms with Crippen molar-refractivity contribution in [2.24, 2.45) is 4.99 Å². The highest BCUT2D eigenvalue weighted by atomic mass is 16.6. The predicted octanol–water partition coefficient (Wildman–Crippen LogP) is 4.25. The van der Waals surface area contributed by atoms with Crippen LogP contribution in [0.15, 0.2) is 47.1 Å². The van der Waals surface area contributed by atoms with Gasteiger partial charge in [0.1, 0.15) is 11.5 Å². The Hall–Kier alpha value is -3.08. The number of cyclic esters (lactones) is 1. The first-order valence-electron chi connectivity index (χ1n) is 8.80. The van der Waals surface area contributed by atoms with E-state index in [-0.39, 0.29) is 5.70 Å². The van der Waals surface area contributed by atoms with Crippen LogP contribution in [0.25, 0.3) is 6.08 Å². The SMILES string of the molecule is COc1cc(/C=C2/N=C(CCc3ccccc3C)OC2=O)c(OC)cc1C. The molecule has 27 heavy (non-hydrogen) atoms. The Balaban J connectivity index is 1.82. The van der Waals surface area contributed by atoms with Crippen LogP contribution in [0.4, 0.5) is 0 Å². The molecular formula is C22H23NO4. The number of aryl methyl sites for hydroxylation is 3. The third-order valence-corrected chi connectivity index (χ3v) is 4.57. The lowest BCUT2D eigenvalue weighted by Gasteiger charge is -2.10. The normalized spacial score (nSPS) is 14.9. The molecule has 0 bridgehead atoms. The summed E-state index contributed by atoms with van der Waals surface area (Å²) in [5, 5.41) is 0. The maximum absolute atomic E-state index is 12.2. The summed E-state index contributed by atoms with van der Waals surface area (Å²) in [6.07, 6.45) is 3.01. The number of benzene rings is 2. The molecule has 0 aromatic heterocycles. The summed E-state index contributed by atoms with van der Waals surface area (Å²) in [5.74, 6) is 1.36. The molecule has 1 aliphatic rings. The minimum Gasteiger partial charge on any atom is -0.496 e. The fourth-order valence-corrected chi connectivity index (χ4v) is 3.03. The van der Waals surface area contributed by atoms with Crippen molar-refractivity contribution in [2.45, 2.75) is 26.7 Å². The Morgan fingerprint density at radius 1 is 1.00 bits per heavy atom. The van der Waals surface area contributed by atoms with Crippen LogP contribution in [0.1, 0.15) is 28.7 Å². The molecule has 0 unspecified atom stereocenters. The molecule has 0 radical (unpaired) electrons. The number of rotatable bonds is 6. The molecular weight excluding hydrogens is 342 g/mol. The third-order valence-electron chi connectivity index (χ3n) is 4.57. The first-order chi connectivity index (χ1) is 13.0. The van der Waals surface area contributed by atoms with E-state index in [1.54, 1.807) is 20.3 Å². The lowest BCUT2D eigenvalue weighted by atomic mass is 10.0. The molecule has 0 fully saturated rings. The van der Waals surface area contributed by atoms with E-state index in [1.165, 1.54) is 11.1 Å². The summed E-state index contributed by atoms with van der Waals surface area (Å²) in [6.45, 7) is 4.00. The number of carbonyl (C=O) groups is 1. The van der Waals surface area contributed by atoms with Crippen LogP contribution in [0.3, 0.4) is 0 Å². The van der Waals surface area contributed by atoms with E-state index in [0.29, 0.717) is 18.1 Å². The van der Waals surface area contributed by atoms with E-state index >= 15 is 0 Å². The molecule has 0 atom stereocenters. The van der Waals surface area contributed by atoms with Crippen LogP contribution in [0.5, 0.6) is 11.5 Å². The van der Waals surface area contributed by atoms with Crippen molar-refractivity contribution in [3.63, 3.8) is 0 Å². The smallest absolute Gasteiger partial charge is 0.363 e. The molecule has 5 heteroatoms. The van der Waals surface area contributed by atoms with Gasteiger partial charge in [-0.05, 0) is 55.2 Å². The maximum atomic E-state index is 12.2. The Morgan fingerprint density at radius 3 is 2.44 bits per heavy atom. The summed E-state index contributed by atoms with van der Waals surface area (Å²) >= 11 is 0. The highest BCUT2D eigenvalue weighted by Gasteiger charge is 2.23. The molecule has 2 aromatic rings. The molecule has 5 nitrogen and oxygen atoms in total. The molecule has 0 amide bonds.